The first-order chi connectivity index (χ1) is 13.0. The smallest absolute Gasteiger partial charge is 0.368 e. The lowest BCUT2D eigenvalue weighted by Gasteiger charge is -2.17. The summed E-state index contributed by atoms with van der Waals surface area (Å²) in [6.45, 7) is 1.62. The van der Waals surface area contributed by atoms with Gasteiger partial charge in [0.2, 0.25) is 5.91 Å². The van der Waals surface area contributed by atoms with Gasteiger partial charge in [-0.25, -0.2) is 8.78 Å². The third-order valence-electron chi connectivity index (χ3n) is 4.55. The molecule has 11 heteroatoms. The van der Waals surface area contributed by atoms with Crippen molar-refractivity contribution >= 4 is 28.8 Å². The lowest BCUT2D eigenvalue weighted by atomic mass is 9.90. The van der Waals surface area contributed by atoms with Crippen molar-refractivity contribution in [3.05, 3.63) is 47.3 Å². The van der Waals surface area contributed by atoms with E-state index in [9.17, 15) is 26.7 Å². The minimum absolute atomic E-state index is 0.0730. The monoisotopic (exact) mass is 418 g/mol. The fourth-order valence-electron chi connectivity index (χ4n) is 3.22. The highest BCUT2D eigenvalue weighted by Crippen LogP contribution is 2.37. The minimum Gasteiger partial charge on any atom is -0.368 e. The van der Waals surface area contributed by atoms with E-state index >= 15 is 0 Å². The molecule has 0 radical (unpaired) electrons. The summed E-state index contributed by atoms with van der Waals surface area (Å²) in [7, 11) is 1.60. The molecule has 0 spiro atoms. The molecule has 2 aromatic rings. The molecule has 1 fully saturated rings. The van der Waals surface area contributed by atoms with Gasteiger partial charge in [0.25, 0.3) is 0 Å². The van der Waals surface area contributed by atoms with Crippen LogP contribution in [0.1, 0.15) is 17.2 Å². The Kier molecular flexibility index (Phi) is 5.13. The SMILES string of the molecule is Cc1cn(C(F)(F)F)nc1C1CN(C)C(=S)C1C(=O)Nc1cccc(F)c1F. The van der Waals surface area contributed by atoms with E-state index in [2.05, 4.69) is 10.4 Å². The maximum atomic E-state index is 13.9. The summed E-state index contributed by atoms with van der Waals surface area (Å²) < 4.78 is 66.0. The highest BCUT2D eigenvalue weighted by Gasteiger charge is 2.44. The zero-order valence-electron chi connectivity index (χ0n) is 14.7. The highest BCUT2D eigenvalue weighted by atomic mass is 32.1. The van der Waals surface area contributed by atoms with Crippen molar-refractivity contribution in [2.24, 2.45) is 5.92 Å². The van der Waals surface area contributed by atoms with Crippen LogP contribution in [0.3, 0.4) is 0 Å². The normalized spacial score (nSPS) is 20.0. The van der Waals surface area contributed by atoms with Crippen LogP contribution in [-0.2, 0) is 11.1 Å². The van der Waals surface area contributed by atoms with Crippen molar-refractivity contribution in [1.29, 1.82) is 0 Å². The number of hydrogen-bond acceptors (Lipinski definition) is 3. The lowest BCUT2D eigenvalue weighted by molar-refractivity contribution is -0.212. The van der Waals surface area contributed by atoms with E-state index in [-0.39, 0.29) is 33.2 Å². The van der Waals surface area contributed by atoms with E-state index in [4.69, 9.17) is 12.2 Å². The van der Waals surface area contributed by atoms with Gasteiger partial charge in [-0.2, -0.15) is 9.78 Å². The number of nitrogens with one attached hydrogen (secondary N) is 1. The quantitative estimate of drug-likeness (QED) is 0.612. The number of aryl methyl sites for hydroxylation is 1. The third kappa shape index (κ3) is 3.58. The number of benzene rings is 1. The molecule has 0 aliphatic carbocycles. The molecule has 1 aliphatic rings. The fourth-order valence-corrected chi connectivity index (χ4v) is 3.57. The van der Waals surface area contributed by atoms with Gasteiger partial charge < -0.3 is 10.2 Å². The van der Waals surface area contributed by atoms with Crippen LogP contribution >= 0.6 is 12.2 Å². The molecule has 3 rings (SSSR count). The molecule has 1 aliphatic heterocycles. The molecule has 1 aromatic heterocycles. The van der Waals surface area contributed by atoms with Gasteiger partial charge >= 0.3 is 6.30 Å². The number of alkyl halides is 3. The standard InChI is InChI=1S/C17H15F5N4OS/c1-8-6-26(17(20,21)22)24-14(8)9-7-25(2)16(28)12(9)15(27)23-11-5-3-4-10(18)13(11)19/h3-6,9,12H,7H2,1-2H3,(H,23,27). The molecule has 2 atom stereocenters. The van der Waals surface area contributed by atoms with Crippen molar-refractivity contribution in [2.45, 2.75) is 19.1 Å². The molecule has 1 aromatic carbocycles. The van der Waals surface area contributed by atoms with Crippen LogP contribution in [-0.4, -0.2) is 39.2 Å². The number of aromatic nitrogens is 2. The number of thiocarbonyl (C=S) groups is 1. The predicted octanol–water partition coefficient (Wildman–Crippen LogP) is 3.56. The maximum Gasteiger partial charge on any atom is 0.504 e. The van der Waals surface area contributed by atoms with E-state index in [1.54, 1.807) is 11.9 Å². The zero-order chi connectivity index (χ0) is 20.8. The van der Waals surface area contributed by atoms with Crippen molar-refractivity contribution in [3.63, 3.8) is 0 Å². The van der Waals surface area contributed by atoms with E-state index in [1.807, 2.05) is 0 Å². The number of halogens is 5. The molecule has 1 amide bonds. The fraction of sp³-hybridized carbons (Fsp3) is 0.353. The lowest BCUT2D eigenvalue weighted by Crippen LogP contribution is -2.32. The number of carbonyl (C=O) groups is 1. The molecule has 0 saturated carbocycles. The summed E-state index contributed by atoms with van der Waals surface area (Å²) in [6, 6.07) is 3.30. The average molecular weight is 418 g/mol. The summed E-state index contributed by atoms with van der Waals surface area (Å²) in [5, 5.41) is 5.87. The van der Waals surface area contributed by atoms with Crippen LogP contribution in [0.2, 0.25) is 0 Å². The topological polar surface area (TPSA) is 50.2 Å². The molecule has 2 unspecified atom stereocenters. The number of likely N-dealkylation sites (N-methyl/N-ethyl adjacent to an activating group) is 1. The summed E-state index contributed by atoms with van der Waals surface area (Å²) in [6.07, 6.45) is -3.87. The molecule has 1 saturated heterocycles. The number of amides is 1. The van der Waals surface area contributed by atoms with Crippen LogP contribution in [0, 0.1) is 24.5 Å². The summed E-state index contributed by atoms with van der Waals surface area (Å²) in [5.74, 6) is -4.94. The second kappa shape index (κ2) is 7.12. The molecular weight excluding hydrogens is 403 g/mol. The van der Waals surface area contributed by atoms with Crippen LogP contribution < -0.4 is 5.32 Å². The Morgan fingerprint density at radius 1 is 1.32 bits per heavy atom. The van der Waals surface area contributed by atoms with Gasteiger partial charge in [-0.15, -0.1) is 13.2 Å². The number of rotatable bonds is 3. The van der Waals surface area contributed by atoms with E-state index in [0.29, 0.717) is 0 Å². The third-order valence-corrected chi connectivity index (χ3v) is 5.12. The van der Waals surface area contributed by atoms with Gasteiger partial charge in [-0.1, -0.05) is 18.3 Å². The molecular formula is C17H15F5N4OS. The van der Waals surface area contributed by atoms with Gasteiger partial charge in [-0.05, 0) is 24.6 Å². The van der Waals surface area contributed by atoms with Crippen molar-refractivity contribution < 1.29 is 26.7 Å². The van der Waals surface area contributed by atoms with Crippen LogP contribution in [0.4, 0.5) is 27.6 Å². The summed E-state index contributed by atoms with van der Waals surface area (Å²) >= 11 is 5.26. The van der Waals surface area contributed by atoms with E-state index in [0.717, 1.165) is 12.3 Å². The largest absolute Gasteiger partial charge is 0.504 e. The van der Waals surface area contributed by atoms with Gasteiger partial charge in [0, 0.05) is 25.7 Å². The Labute approximate surface area is 162 Å². The maximum absolute atomic E-state index is 13.9. The number of carbonyl (C=O) groups excluding carboxylic acids is 1. The minimum atomic E-state index is -4.70. The number of hydrogen-bond donors (Lipinski definition) is 1. The van der Waals surface area contributed by atoms with Gasteiger partial charge in [0.15, 0.2) is 11.6 Å². The molecule has 150 valence electrons. The Morgan fingerprint density at radius 2 is 2.00 bits per heavy atom. The van der Waals surface area contributed by atoms with Gasteiger partial charge in [0.05, 0.1) is 22.3 Å². The second-order valence-electron chi connectivity index (χ2n) is 6.50. The number of likely N-dealkylation sites (tertiary alicyclic amines) is 1. The summed E-state index contributed by atoms with van der Waals surface area (Å²) in [5.41, 5.74) is -0.0577. The second-order valence-corrected chi connectivity index (χ2v) is 6.92. The van der Waals surface area contributed by atoms with Crippen molar-refractivity contribution in [1.82, 2.24) is 14.7 Å². The molecule has 1 N–H and O–H groups in total. The first-order valence-corrected chi connectivity index (χ1v) is 8.54. The van der Waals surface area contributed by atoms with Crippen LogP contribution in [0.25, 0.3) is 0 Å². The predicted molar refractivity (Wildman–Crippen MR) is 94.7 cm³/mol. The van der Waals surface area contributed by atoms with Crippen LogP contribution in [0.5, 0.6) is 0 Å². The van der Waals surface area contributed by atoms with Crippen molar-refractivity contribution in [3.8, 4) is 0 Å². The van der Waals surface area contributed by atoms with Gasteiger partial charge in [0.1, 0.15) is 0 Å². The molecule has 0 bridgehead atoms. The van der Waals surface area contributed by atoms with Gasteiger partial charge in [-0.3, -0.25) is 4.79 Å². The molecule has 28 heavy (non-hydrogen) atoms. The zero-order valence-corrected chi connectivity index (χ0v) is 15.5. The molecule has 2 heterocycles. The Balaban J connectivity index is 1.94. The van der Waals surface area contributed by atoms with Crippen LogP contribution in [0.15, 0.2) is 24.4 Å². The average Bonchev–Trinajstić information content (AvgIpc) is 3.12. The molecule has 5 nitrogen and oxygen atoms in total. The first kappa shape index (κ1) is 20.2. The Hall–Kier alpha value is -2.56. The van der Waals surface area contributed by atoms with Crippen molar-refractivity contribution in [2.75, 3.05) is 18.9 Å². The van der Waals surface area contributed by atoms with E-state index in [1.165, 1.54) is 19.1 Å². The number of nitrogens with zero attached hydrogens (tertiary/aromatic N) is 3. The highest BCUT2D eigenvalue weighted by molar-refractivity contribution is 7.80. The first-order valence-electron chi connectivity index (χ1n) is 8.14. The number of anilines is 1. The Morgan fingerprint density at radius 3 is 2.61 bits per heavy atom. The Bertz CT molecular complexity index is 942. The summed E-state index contributed by atoms with van der Waals surface area (Å²) in [4.78, 5) is 14.5. The van der Waals surface area contributed by atoms with E-state index < -0.39 is 35.7 Å².